The van der Waals surface area contributed by atoms with E-state index in [0.717, 1.165) is 13.1 Å². The first-order valence-corrected chi connectivity index (χ1v) is 9.68. The van der Waals surface area contributed by atoms with E-state index in [1.807, 2.05) is 0 Å². The molecule has 1 aromatic rings. The highest BCUT2D eigenvalue weighted by atomic mass is 32.2. The lowest BCUT2D eigenvalue weighted by Gasteiger charge is -2.33. The van der Waals surface area contributed by atoms with Crippen molar-refractivity contribution in [2.24, 2.45) is 5.14 Å². The van der Waals surface area contributed by atoms with Crippen LogP contribution in [0.4, 0.5) is 5.69 Å². The number of nitrogens with two attached hydrogens (primary N) is 1. The Morgan fingerprint density at radius 3 is 2.61 bits per heavy atom. The standard InChI is InChI=1S/C16H25N3O3S/c1-13-4-2-3-10-19(13)11-9-16(20)18-15-7-5-14(6-8-15)12-23(17,21)22/h5-8,13H,2-4,9-12H2,1H3,(H,18,20)(H2,17,21,22)/t13-/m0/s1. The Morgan fingerprint density at radius 2 is 2.00 bits per heavy atom. The van der Waals surface area contributed by atoms with Crippen LogP contribution in [0, 0.1) is 0 Å². The molecule has 0 aromatic heterocycles. The van der Waals surface area contributed by atoms with Crippen LogP contribution in [0.25, 0.3) is 0 Å². The summed E-state index contributed by atoms with van der Waals surface area (Å²) < 4.78 is 22.1. The molecule has 1 aliphatic heterocycles. The molecule has 6 nitrogen and oxygen atoms in total. The molecule has 1 amide bonds. The number of rotatable bonds is 6. The van der Waals surface area contributed by atoms with Crippen LogP contribution in [0.3, 0.4) is 0 Å². The van der Waals surface area contributed by atoms with E-state index >= 15 is 0 Å². The van der Waals surface area contributed by atoms with Crippen molar-refractivity contribution in [3.63, 3.8) is 0 Å². The second kappa shape index (κ2) is 7.90. The molecule has 0 unspecified atom stereocenters. The fourth-order valence-electron chi connectivity index (χ4n) is 2.88. The number of anilines is 1. The SMILES string of the molecule is C[C@H]1CCCCN1CCC(=O)Nc1ccc(CS(N)(=O)=O)cc1. The van der Waals surface area contributed by atoms with E-state index in [1.165, 1.54) is 19.3 Å². The highest BCUT2D eigenvalue weighted by Crippen LogP contribution is 2.17. The van der Waals surface area contributed by atoms with Crippen LogP contribution in [0.5, 0.6) is 0 Å². The van der Waals surface area contributed by atoms with Crippen molar-refractivity contribution in [3.8, 4) is 0 Å². The number of benzene rings is 1. The van der Waals surface area contributed by atoms with Gasteiger partial charge in [-0.2, -0.15) is 0 Å². The third kappa shape index (κ3) is 6.29. The van der Waals surface area contributed by atoms with Gasteiger partial charge in [0.25, 0.3) is 0 Å². The predicted molar refractivity (Wildman–Crippen MR) is 91.4 cm³/mol. The molecule has 1 saturated heterocycles. The van der Waals surface area contributed by atoms with Crippen LogP contribution in [0.15, 0.2) is 24.3 Å². The number of nitrogens with one attached hydrogen (secondary N) is 1. The maximum absolute atomic E-state index is 12.0. The van der Waals surface area contributed by atoms with E-state index in [4.69, 9.17) is 5.14 Å². The molecule has 1 fully saturated rings. The summed E-state index contributed by atoms with van der Waals surface area (Å²) in [4.78, 5) is 14.4. The summed E-state index contributed by atoms with van der Waals surface area (Å²) >= 11 is 0. The van der Waals surface area contributed by atoms with Crippen molar-refractivity contribution >= 4 is 21.6 Å². The monoisotopic (exact) mass is 339 g/mol. The molecule has 3 N–H and O–H groups in total. The molecule has 1 heterocycles. The van der Waals surface area contributed by atoms with Crippen molar-refractivity contribution in [1.82, 2.24) is 4.90 Å². The van der Waals surface area contributed by atoms with Gasteiger partial charge in [0, 0.05) is 24.7 Å². The van der Waals surface area contributed by atoms with Gasteiger partial charge in [-0.15, -0.1) is 0 Å². The van der Waals surface area contributed by atoms with Gasteiger partial charge in [-0.1, -0.05) is 18.6 Å². The molecule has 7 heteroatoms. The summed E-state index contributed by atoms with van der Waals surface area (Å²) in [6, 6.07) is 7.26. The lowest BCUT2D eigenvalue weighted by atomic mass is 10.0. The minimum Gasteiger partial charge on any atom is -0.326 e. The molecule has 128 valence electrons. The number of sulfonamides is 1. The van der Waals surface area contributed by atoms with Crippen LogP contribution >= 0.6 is 0 Å². The molecule has 1 aliphatic rings. The van der Waals surface area contributed by atoms with Crippen LogP contribution in [-0.4, -0.2) is 38.4 Å². The number of likely N-dealkylation sites (tertiary alicyclic amines) is 1. The summed E-state index contributed by atoms with van der Waals surface area (Å²) in [5.41, 5.74) is 1.27. The zero-order chi connectivity index (χ0) is 16.9. The van der Waals surface area contributed by atoms with Crippen molar-refractivity contribution in [3.05, 3.63) is 29.8 Å². The summed E-state index contributed by atoms with van der Waals surface area (Å²) in [5, 5.41) is 7.85. The Bertz CT molecular complexity index is 628. The second-order valence-electron chi connectivity index (χ2n) is 6.18. The molecule has 0 radical (unpaired) electrons. The largest absolute Gasteiger partial charge is 0.326 e. The molecule has 2 rings (SSSR count). The summed E-state index contributed by atoms with van der Waals surface area (Å²) in [7, 11) is -3.53. The van der Waals surface area contributed by atoms with Crippen molar-refractivity contribution in [2.45, 2.75) is 44.4 Å². The van der Waals surface area contributed by atoms with Crippen LogP contribution in [-0.2, 0) is 20.6 Å². The zero-order valence-electron chi connectivity index (χ0n) is 13.5. The van der Waals surface area contributed by atoms with Gasteiger partial charge >= 0.3 is 0 Å². The Kier molecular flexibility index (Phi) is 6.15. The Morgan fingerprint density at radius 1 is 1.30 bits per heavy atom. The van der Waals surface area contributed by atoms with Gasteiger partial charge < -0.3 is 10.2 Å². The number of carbonyl (C=O) groups is 1. The lowest BCUT2D eigenvalue weighted by molar-refractivity contribution is -0.116. The quantitative estimate of drug-likeness (QED) is 0.825. The lowest BCUT2D eigenvalue weighted by Crippen LogP contribution is -2.39. The van der Waals surface area contributed by atoms with E-state index in [1.54, 1.807) is 24.3 Å². The second-order valence-corrected chi connectivity index (χ2v) is 7.80. The molecule has 23 heavy (non-hydrogen) atoms. The molecular weight excluding hydrogens is 314 g/mol. The van der Waals surface area contributed by atoms with Crippen LogP contribution in [0.1, 0.15) is 38.2 Å². The maximum Gasteiger partial charge on any atom is 0.225 e. The van der Waals surface area contributed by atoms with Crippen molar-refractivity contribution < 1.29 is 13.2 Å². The first-order chi connectivity index (χ1) is 10.8. The smallest absolute Gasteiger partial charge is 0.225 e. The Balaban J connectivity index is 1.80. The van der Waals surface area contributed by atoms with Gasteiger partial charge in [0.1, 0.15) is 0 Å². The van der Waals surface area contributed by atoms with Gasteiger partial charge in [-0.25, -0.2) is 13.6 Å². The number of hydrogen-bond acceptors (Lipinski definition) is 4. The Hall–Kier alpha value is -1.44. The number of amides is 1. The molecule has 0 aliphatic carbocycles. The Labute approximate surface area is 138 Å². The highest BCUT2D eigenvalue weighted by Gasteiger charge is 2.18. The van der Waals surface area contributed by atoms with Gasteiger partial charge in [0.15, 0.2) is 0 Å². The van der Waals surface area contributed by atoms with Crippen LogP contribution < -0.4 is 10.5 Å². The third-order valence-corrected chi connectivity index (χ3v) is 4.91. The third-order valence-electron chi connectivity index (χ3n) is 4.17. The zero-order valence-corrected chi connectivity index (χ0v) is 14.3. The van der Waals surface area contributed by atoms with Crippen molar-refractivity contribution in [1.29, 1.82) is 0 Å². The fraction of sp³-hybridized carbons (Fsp3) is 0.562. The highest BCUT2D eigenvalue weighted by molar-refractivity contribution is 7.88. The number of carbonyl (C=O) groups excluding carboxylic acids is 1. The first-order valence-electron chi connectivity index (χ1n) is 7.97. The van der Waals surface area contributed by atoms with Crippen molar-refractivity contribution in [2.75, 3.05) is 18.4 Å². The summed E-state index contributed by atoms with van der Waals surface area (Å²) in [6.07, 6.45) is 4.14. The topological polar surface area (TPSA) is 92.5 Å². The summed E-state index contributed by atoms with van der Waals surface area (Å²) in [6.45, 7) is 4.05. The van der Waals surface area contributed by atoms with E-state index < -0.39 is 10.0 Å². The molecule has 1 aromatic carbocycles. The van der Waals surface area contributed by atoms with Gasteiger partial charge in [0.05, 0.1) is 5.75 Å². The molecular formula is C16H25N3O3S. The van der Waals surface area contributed by atoms with Gasteiger partial charge in [0.2, 0.25) is 15.9 Å². The number of piperidine rings is 1. The number of hydrogen-bond donors (Lipinski definition) is 2. The fourth-order valence-corrected chi connectivity index (χ4v) is 3.53. The maximum atomic E-state index is 12.0. The molecule has 0 bridgehead atoms. The van der Waals surface area contributed by atoms with E-state index in [0.29, 0.717) is 23.7 Å². The van der Waals surface area contributed by atoms with E-state index in [-0.39, 0.29) is 11.7 Å². The molecule has 1 atom stereocenters. The molecule has 0 saturated carbocycles. The number of nitrogens with zero attached hydrogens (tertiary/aromatic N) is 1. The minimum absolute atomic E-state index is 0.0260. The first kappa shape index (κ1) is 17.9. The van der Waals surface area contributed by atoms with E-state index in [9.17, 15) is 13.2 Å². The number of primary sulfonamides is 1. The molecule has 0 spiro atoms. The van der Waals surface area contributed by atoms with Crippen LogP contribution in [0.2, 0.25) is 0 Å². The average molecular weight is 339 g/mol. The normalized spacial score (nSPS) is 19.5. The van der Waals surface area contributed by atoms with Gasteiger partial charge in [-0.05, 0) is 44.0 Å². The predicted octanol–water partition coefficient (Wildman–Crippen LogP) is 1.68. The van der Waals surface area contributed by atoms with Gasteiger partial charge in [-0.3, -0.25) is 4.79 Å². The average Bonchev–Trinajstić information content (AvgIpc) is 2.47. The van der Waals surface area contributed by atoms with E-state index in [2.05, 4.69) is 17.1 Å². The minimum atomic E-state index is -3.53. The summed E-state index contributed by atoms with van der Waals surface area (Å²) in [5.74, 6) is -0.226.